The lowest BCUT2D eigenvalue weighted by Crippen LogP contribution is -2.40. The van der Waals surface area contributed by atoms with E-state index in [1.807, 2.05) is 7.05 Å². The molecule has 1 fully saturated rings. The van der Waals surface area contributed by atoms with Crippen LogP contribution in [-0.2, 0) is 6.42 Å². The largest absolute Gasteiger partial charge is 0.382 e. The topological polar surface area (TPSA) is 95.3 Å². The van der Waals surface area contributed by atoms with Crippen molar-refractivity contribution in [2.24, 2.45) is 16.8 Å². The average molecular weight is 426 g/mol. The molecule has 3 N–H and O–H groups in total. The lowest BCUT2D eigenvalue weighted by Gasteiger charge is -2.22. The molecule has 0 amide bonds. The van der Waals surface area contributed by atoms with Gasteiger partial charge in [0.1, 0.15) is 23.3 Å². The van der Waals surface area contributed by atoms with E-state index in [4.69, 9.17) is 5.73 Å². The zero-order chi connectivity index (χ0) is 22.4. The Morgan fingerprint density at radius 1 is 1.39 bits per heavy atom. The lowest BCUT2D eigenvalue weighted by atomic mass is 9.97. The fourth-order valence-electron chi connectivity index (χ4n) is 4.23. The summed E-state index contributed by atoms with van der Waals surface area (Å²) in [5, 5.41) is 17.5. The predicted octanol–water partition coefficient (Wildman–Crippen LogP) is 3.34. The number of benzene rings is 1. The van der Waals surface area contributed by atoms with E-state index in [1.54, 1.807) is 12.1 Å². The van der Waals surface area contributed by atoms with Gasteiger partial charge in [-0.2, -0.15) is 10.4 Å². The van der Waals surface area contributed by atoms with Gasteiger partial charge in [0.15, 0.2) is 5.96 Å². The molecule has 1 aromatic carbocycles. The first-order valence-electron chi connectivity index (χ1n) is 10.9. The van der Waals surface area contributed by atoms with Gasteiger partial charge >= 0.3 is 0 Å². The van der Waals surface area contributed by atoms with Crippen LogP contribution in [0.1, 0.15) is 44.4 Å². The van der Waals surface area contributed by atoms with Crippen LogP contribution in [0.2, 0.25) is 0 Å². The molecule has 0 bridgehead atoms. The quantitative estimate of drug-likeness (QED) is 0.403. The van der Waals surface area contributed by atoms with Crippen LogP contribution in [-0.4, -0.2) is 47.3 Å². The second kappa shape index (κ2) is 10.3. The molecule has 8 heteroatoms. The van der Waals surface area contributed by atoms with Crippen LogP contribution in [0.4, 0.5) is 10.2 Å². The molecular weight excluding hydrogens is 393 g/mol. The summed E-state index contributed by atoms with van der Waals surface area (Å²) in [6, 6.07) is 8.04. The Labute approximate surface area is 183 Å². The summed E-state index contributed by atoms with van der Waals surface area (Å²) in [6.07, 6.45) is 3.87. The van der Waals surface area contributed by atoms with Gasteiger partial charge in [-0.1, -0.05) is 13.8 Å². The van der Waals surface area contributed by atoms with Crippen LogP contribution < -0.4 is 11.1 Å². The maximum atomic E-state index is 13.2. The van der Waals surface area contributed by atoms with Crippen molar-refractivity contribution in [3.63, 3.8) is 0 Å². The monoisotopic (exact) mass is 425 g/mol. The zero-order valence-electron chi connectivity index (χ0n) is 18.6. The molecule has 0 aliphatic carbocycles. The number of nitrogens with zero attached hydrogens (tertiary/aromatic N) is 5. The summed E-state index contributed by atoms with van der Waals surface area (Å²) >= 11 is 0. The molecule has 1 aromatic heterocycles. The third kappa shape index (κ3) is 5.54. The minimum Gasteiger partial charge on any atom is -0.382 e. The van der Waals surface area contributed by atoms with Crippen molar-refractivity contribution in [3.8, 4) is 11.8 Å². The van der Waals surface area contributed by atoms with Crippen LogP contribution >= 0.6 is 0 Å². The number of nitrogens with two attached hydrogens (primary N) is 1. The first kappa shape index (κ1) is 22.6. The third-order valence-corrected chi connectivity index (χ3v) is 5.65. The van der Waals surface area contributed by atoms with Crippen molar-refractivity contribution in [2.75, 3.05) is 32.4 Å². The van der Waals surface area contributed by atoms with E-state index in [-0.39, 0.29) is 11.6 Å². The van der Waals surface area contributed by atoms with Gasteiger partial charge in [0.05, 0.1) is 11.4 Å². The van der Waals surface area contributed by atoms with Crippen LogP contribution in [0.3, 0.4) is 0 Å². The first-order valence-corrected chi connectivity index (χ1v) is 10.9. The van der Waals surface area contributed by atoms with E-state index < -0.39 is 0 Å². The standard InChI is InChI=1S/C23H32FN7/c1-16(2)13-17-10-12-30(15-17)23(27-3)28-11-4-5-21-20(14-25)22(26)31(29-21)19-8-6-18(24)7-9-19/h6-9,16-17H,4-5,10-13,15,26H2,1-3H3,(H,27,28). The molecule has 3 rings (SSSR count). The number of guanidine groups is 1. The predicted molar refractivity (Wildman–Crippen MR) is 121 cm³/mol. The highest BCUT2D eigenvalue weighted by Crippen LogP contribution is 2.24. The van der Waals surface area contributed by atoms with Crippen molar-refractivity contribution in [1.29, 1.82) is 5.26 Å². The summed E-state index contributed by atoms with van der Waals surface area (Å²) in [5.41, 5.74) is 7.79. The van der Waals surface area contributed by atoms with Crippen molar-refractivity contribution in [1.82, 2.24) is 20.0 Å². The number of nitriles is 1. The summed E-state index contributed by atoms with van der Waals surface area (Å²) < 4.78 is 14.7. The van der Waals surface area contributed by atoms with Gasteiger partial charge in [-0.25, -0.2) is 9.07 Å². The van der Waals surface area contributed by atoms with Gasteiger partial charge in [-0.3, -0.25) is 4.99 Å². The Hall–Kier alpha value is -3.08. The molecule has 1 saturated heterocycles. The summed E-state index contributed by atoms with van der Waals surface area (Å²) in [4.78, 5) is 6.76. The Kier molecular flexibility index (Phi) is 7.50. The second-order valence-corrected chi connectivity index (χ2v) is 8.51. The molecule has 1 atom stereocenters. The van der Waals surface area contributed by atoms with E-state index >= 15 is 0 Å². The van der Waals surface area contributed by atoms with E-state index in [0.29, 0.717) is 23.4 Å². The number of aryl methyl sites for hydroxylation is 1. The van der Waals surface area contributed by atoms with Crippen molar-refractivity contribution in [2.45, 2.75) is 39.5 Å². The van der Waals surface area contributed by atoms with E-state index in [1.165, 1.54) is 29.7 Å². The molecule has 31 heavy (non-hydrogen) atoms. The van der Waals surface area contributed by atoms with Crippen LogP contribution in [0.5, 0.6) is 0 Å². The molecule has 0 radical (unpaired) electrons. The Morgan fingerprint density at radius 2 is 2.13 bits per heavy atom. The number of halogens is 1. The number of hydrogen-bond acceptors (Lipinski definition) is 4. The maximum absolute atomic E-state index is 13.2. The van der Waals surface area contributed by atoms with Gasteiger partial charge in [-0.05, 0) is 61.8 Å². The van der Waals surface area contributed by atoms with E-state index in [2.05, 4.69) is 40.2 Å². The second-order valence-electron chi connectivity index (χ2n) is 8.51. The highest BCUT2D eigenvalue weighted by molar-refractivity contribution is 5.80. The molecule has 166 valence electrons. The molecule has 1 aliphatic heterocycles. The molecule has 1 unspecified atom stereocenters. The number of anilines is 1. The highest BCUT2D eigenvalue weighted by atomic mass is 19.1. The van der Waals surface area contributed by atoms with Gasteiger partial charge in [0.25, 0.3) is 0 Å². The van der Waals surface area contributed by atoms with Gasteiger partial charge in [0.2, 0.25) is 0 Å². The van der Waals surface area contributed by atoms with Gasteiger partial charge in [-0.15, -0.1) is 0 Å². The SMILES string of the molecule is CN=C(NCCCc1nn(-c2ccc(F)cc2)c(N)c1C#N)N1CCC(CC(C)C)C1. The lowest BCUT2D eigenvalue weighted by molar-refractivity contribution is 0.403. The fraction of sp³-hybridized carbons (Fsp3) is 0.522. The minimum atomic E-state index is -0.330. The number of hydrogen-bond donors (Lipinski definition) is 2. The van der Waals surface area contributed by atoms with Crippen LogP contribution in [0.25, 0.3) is 5.69 Å². The molecule has 1 aliphatic rings. The average Bonchev–Trinajstić information content (AvgIpc) is 3.32. The van der Waals surface area contributed by atoms with Gasteiger partial charge < -0.3 is 16.0 Å². The smallest absolute Gasteiger partial charge is 0.193 e. The Bertz CT molecular complexity index is 940. The number of likely N-dealkylation sites (tertiary alicyclic amines) is 1. The summed E-state index contributed by atoms with van der Waals surface area (Å²) in [6.45, 7) is 7.36. The maximum Gasteiger partial charge on any atom is 0.193 e. The number of aromatic nitrogens is 2. The summed E-state index contributed by atoms with van der Waals surface area (Å²) in [5.74, 6) is 2.33. The van der Waals surface area contributed by atoms with Crippen molar-refractivity contribution in [3.05, 3.63) is 41.3 Å². The van der Waals surface area contributed by atoms with Crippen LogP contribution in [0.15, 0.2) is 29.3 Å². The highest BCUT2D eigenvalue weighted by Gasteiger charge is 2.25. The molecule has 0 saturated carbocycles. The van der Waals surface area contributed by atoms with Crippen LogP contribution in [0, 0.1) is 29.0 Å². The first-order chi connectivity index (χ1) is 14.9. The Balaban J connectivity index is 1.56. The zero-order valence-corrected chi connectivity index (χ0v) is 18.6. The summed E-state index contributed by atoms with van der Waals surface area (Å²) in [7, 11) is 1.82. The van der Waals surface area contributed by atoms with E-state index in [9.17, 15) is 9.65 Å². The van der Waals surface area contributed by atoms with Crippen molar-refractivity contribution >= 4 is 11.8 Å². The molecule has 2 aromatic rings. The minimum absolute atomic E-state index is 0.279. The van der Waals surface area contributed by atoms with Gasteiger partial charge in [0, 0.05) is 26.7 Å². The number of rotatable bonds is 7. The molecule has 2 heterocycles. The number of nitrogen functional groups attached to an aromatic ring is 1. The molecule has 7 nitrogen and oxygen atoms in total. The molecule has 0 spiro atoms. The third-order valence-electron chi connectivity index (χ3n) is 5.65. The van der Waals surface area contributed by atoms with E-state index in [0.717, 1.165) is 43.9 Å². The number of nitrogens with one attached hydrogen (secondary N) is 1. The molecular formula is C23H32FN7. The number of aliphatic imine (C=N–C) groups is 1. The van der Waals surface area contributed by atoms with Crippen molar-refractivity contribution < 1.29 is 4.39 Å². The Morgan fingerprint density at radius 3 is 2.77 bits per heavy atom. The fourth-order valence-corrected chi connectivity index (χ4v) is 4.23. The normalized spacial score (nSPS) is 16.7.